The first-order valence-electron chi connectivity index (χ1n) is 12.2. The number of ether oxygens (including phenoxy) is 1. The van der Waals surface area contributed by atoms with E-state index in [9.17, 15) is 9.59 Å². The molecular weight excluding hydrogens is 462 g/mol. The number of amides is 1. The Balaban J connectivity index is 1.37. The summed E-state index contributed by atoms with van der Waals surface area (Å²) in [6.07, 6.45) is 3.28. The number of halogens is 1. The number of nitrogens with one attached hydrogen (secondary N) is 1. The van der Waals surface area contributed by atoms with E-state index in [1.54, 1.807) is 12.1 Å². The Labute approximate surface area is 211 Å². The van der Waals surface area contributed by atoms with Gasteiger partial charge in [0, 0.05) is 31.2 Å². The Hall–Kier alpha value is -2.83. The molecule has 0 bridgehead atoms. The maximum atomic E-state index is 13.1. The summed E-state index contributed by atoms with van der Waals surface area (Å²) >= 11 is 6.14. The molecule has 1 amide bonds. The van der Waals surface area contributed by atoms with Gasteiger partial charge in [0.1, 0.15) is 6.04 Å². The molecule has 0 saturated carbocycles. The zero-order valence-electron chi connectivity index (χ0n) is 20.6. The Morgan fingerprint density at radius 1 is 1.17 bits per heavy atom. The second-order valence-electron chi connectivity index (χ2n) is 10.6. The molecule has 184 valence electrons. The number of esters is 1. The standard InChI is InChI=1S/C28H32ClN3O3/c1-28(2)11-10-22(18-4-7-21(29)8-5-18)20(15-28)16-31-12-13-32-24-9-6-19(27(34)35-3)14-23(24)30-26(33)25(32)17-31/h4-9,14,25H,10-13,15-17H2,1-3H3,(H,30,33)/t25-/m0/s1. The molecule has 6 nitrogen and oxygen atoms in total. The molecule has 1 N–H and O–H groups in total. The number of allylic oxidation sites excluding steroid dienone is 1. The zero-order valence-corrected chi connectivity index (χ0v) is 21.3. The van der Waals surface area contributed by atoms with E-state index in [1.807, 2.05) is 18.2 Å². The van der Waals surface area contributed by atoms with Crippen LogP contribution in [0.3, 0.4) is 0 Å². The maximum Gasteiger partial charge on any atom is 0.337 e. The lowest BCUT2D eigenvalue weighted by atomic mass is 9.72. The summed E-state index contributed by atoms with van der Waals surface area (Å²) < 4.78 is 4.83. The fraction of sp³-hybridized carbons (Fsp3) is 0.429. The number of hydrogen-bond donors (Lipinski definition) is 1. The molecule has 1 atom stereocenters. The van der Waals surface area contributed by atoms with E-state index in [4.69, 9.17) is 16.3 Å². The quantitative estimate of drug-likeness (QED) is 0.591. The predicted octanol–water partition coefficient (Wildman–Crippen LogP) is 5.23. The van der Waals surface area contributed by atoms with Gasteiger partial charge < -0.3 is 15.0 Å². The van der Waals surface area contributed by atoms with Crippen LogP contribution in [0, 0.1) is 5.41 Å². The number of anilines is 2. The first-order chi connectivity index (χ1) is 16.7. The average molecular weight is 494 g/mol. The van der Waals surface area contributed by atoms with Gasteiger partial charge in [-0.25, -0.2) is 4.79 Å². The van der Waals surface area contributed by atoms with E-state index in [2.05, 4.69) is 41.1 Å². The van der Waals surface area contributed by atoms with Crippen LogP contribution in [-0.2, 0) is 9.53 Å². The highest BCUT2D eigenvalue weighted by Crippen LogP contribution is 2.43. The maximum absolute atomic E-state index is 13.1. The van der Waals surface area contributed by atoms with Crippen molar-refractivity contribution in [1.29, 1.82) is 0 Å². The number of nitrogens with zero attached hydrogens (tertiary/aromatic N) is 2. The van der Waals surface area contributed by atoms with Gasteiger partial charge in [0.05, 0.1) is 24.0 Å². The normalized spacial score (nSPS) is 21.8. The van der Waals surface area contributed by atoms with Crippen molar-refractivity contribution in [2.45, 2.75) is 39.2 Å². The molecule has 0 spiro atoms. The summed E-state index contributed by atoms with van der Waals surface area (Å²) in [5.41, 5.74) is 6.49. The molecule has 35 heavy (non-hydrogen) atoms. The molecule has 0 radical (unpaired) electrons. The van der Waals surface area contributed by atoms with Crippen LogP contribution < -0.4 is 10.2 Å². The summed E-state index contributed by atoms with van der Waals surface area (Å²) in [5.74, 6) is -0.436. The number of methoxy groups -OCH3 is 1. The molecule has 3 aliphatic rings. The van der Waals surface area contributed by atoms with Crippen LogP contribution in [0.15, 0.2) is 48.0 Å². The summed E-state index contributed by atoms with van der Waals surface area (Å²) in [4.78, 5) is 29.6. The zero-order chi connectivity index (χ0) is 24.7. The molecule has 1 saturated heterocycles. The fourth-order valence-corrected chi connectivity index (χ4v) is 5.80. The number of piperazine rings is 1. The third kappa shape index (κ3) is 4.82. The average Bonchev–Trinajstić information content (AvgIpc) is 2.84. The largest absolute Gasteiger partial charge is 0.465 e. The van der Waals surface area contributed by atoms with Crippen molar-refractivity contribution in [3.8, 4) is 0 Å². The lowest BCUT2D eigenvalue weighted by molar-refractivity contribution is -0.118. The predicted molar refractivity (Wildman–Crippen MR) is 140 cm³/mol. The van der Waals surface area contributed by atoms with Gasteiger partial charge in [-0.15, -0.1) is 0 Å². The first-order valence-corrected chi connectivity index (χ1v) is 12.6. The number of hydrogen-bond acceptors (Lipinski definition) is 5. The van der Waals surface area contributed by atoms with Crippen molar-refractivity contribution in [3.05, 3.63) is 64.2 Å². The number of fused-ring (bicyclic) bond motifs is 3. The number of benzene rings is 2. The Bertz CT molecular complexity index is 1190. The highest BCUT2D eigenvalue weighted by Gasteiger charge is 2.38. The SMILES string of the molecule is COC(=O)c1ccc2c(c1)NC(=O)[C@@H]1CN(CC3=C(c4ccc(Cl)cc4)CCC(C)(C)C3)CCN21. The first kappa shape index (κ1) is 23.9. The van der Waals surface area contributed by atoms with Gasteiger partial charge in [0.25, 0.3) is 0 Å². The number of carbonyl (C=O) groups is 2. The molecule has 1 fully saturated rings. The smallest absolute Gasteiger partial charge is 0.337 e. The second kappa shape index (κ2) is 9.32. The number of rotatable bonds is 4. The lowest BCUT2D eigenvalue weighted by Gasteiger charge is -2.46. The van der Waals surface area contributed by atoms with Crippen LogP contribution in [-0.4, -0.2) is 56.1 Å². The van der Waals surface area contributed by atoms with Crippen LogP contribution >= 0.6 is 11.6 Å². The Kier molecular flexibility index (Phi) is 6.36. The summed E-state index contributed by atoms with van der Waals surface area (Å²) in [6, 6.07) is 13.3. The molecule has 2 aromatic carbocycles. The minimum Gasteiger partial charge on any atom is -0.465 e. The summed E-state index contributed by atoms with van der Waals surface area (Å²) in [6.45, 7) is 7.86. The van der Waals surface area contributed by atoms with Crippen molar-refractivity contribution >= 4 is 40.4 Å². The minimum absolute atomic E-state index is 0.0277. The molecule has 5 rings (SSSR count). The molecule has 2 heterocycles. The molecule has 2 aliphatic heterocycles. The molecule has 2 aromatic rings. The topological polar surface area (TPSA) is 61.9 Å². The van der Waals surface area contributed by atoms with Crippen LogP contribution in [0.25, 0.3) is 5.57 Å². The summed E-state index contributed by atoms with van der Waals surface area (Å²) in [5, 5.41) is 3.77. The summed E-state index contributed by atoms with van der Waals surface area (Å²) in [7, 11) is 1.36. The van der Waals surface area contributed by atoms with Crippen molar-refractivity contribution in [2.75, 3.05) is 43.5 Å². The van der Waals surface area contributed by atoms with Gasteiger partial charge in [-0.1, -0.05) is 43.2 Å². The van der Waals surface area contributed by atoms with Gasteiger partial charge in [0.15, 0.2) is 0 Å². The van der Waals surface area contributed by atoms with Crippen LogP contribution in [0.4, 0.5) is 11.4 Å². The van der Waals surface area contributed by atoms with Gasteiger partial charge in [-0.3, -0.25) is 9.69 Å². The number of carbonyl (C=O) groups excluding carboxylic acids is 2. The highest BCUT2D eigenvalue weighted by atomic mass is 35.5. The lowest BCUT2D eigenvalue weighted by Crippen LogP contribution is -2.60. The fourth-order valence-electron chi connectivity index (χ4n) is 5.68. The molecule has 7 heteroatoms. The molecule has 0 aromatic heterocycles. The van der Waals surface area contributed by atoms with Crippen LogP contribution in [0.2, 0.25) is 5.02 Å². The van der Waals surface area contributed by atoms with E-state index >= 15 is 0 Å². The van der Waals surface area contributed by atoms with Crippen molar-refractivity contribution in [3.63, 3.8) is 0 Å². The van der Waals surface area contributed by atoms with Crippen molar-refractivity contribution in [2.24, 2.45) is 5.41 Å². The van der Waals surface area contributed by atoms with Gasteiger partial charge in [0.2, 0.25) is 5.91 Å². The van der Waals surface area contributed by atoms with Gasteiger partial charge in [-0.05, 0) is 66.1 Å². The third-order valence-electron chi connectivity index (χ3n) is 7.53. The van der Waals surface area contributed by atoms with E-state index in [0.29, 0.717) is 17.8 Å². The molecular formula is C28H32ClN3O3. The Morgan fingerprint density at radius 3 is 2.69 bits per heavy atom. The second-order valence-corrected chi connectivity index (χ2v) is 11.0. The van der Waals surface area contributed by atoms with E-state index < -0.39 is 5.97 Å². The van der Waals surface area contributed by atoms with Gasteiger partial charge in [-0.2, -0.15) is 0 Å². The van der Waals surface area contributed by atoms with E-state index in [-0.39, 0.29) is 17.4 Å². The molecule has 0 unspecified atom stereocenters. The van der Waals surface area contributed by atoms with Crippen LogP contribution in [0.5, 0.6) is 0 Å². The van der Waals surface area contributed by atoms with Crippen molar-refractivity contribution < 1.29 is 14.3 Å². The van der Waals surface area contributed by atoms with E-state index in [0.717, 1.165) is 49.6 Å². The van der Waals surface area contributed by atoms with Gasteiger partial charge >= 0.3 is 5.97 Å². The van der Waals surface area contributed by atoms with Crippen LogP contribution in [0.1, 0.15) is 49.0 Å². The third-order valence-corrected chi connectivity index (χ3v) is 7.78. The Morgan fingerprint density at radius 2 is 1.94 bits per heavy atom. The highest BCUT2D eigenvalue weighted by molar-refractivity contribution is 6.30. The van der Waals surface area contributed by atoms with E-state index in [1.165, 1.54) is 23.8 Å². The molecule has 1 aliphatic carbocycles. The minimum atomic E-state index is -0.408. The monoisotopic (exact) mass is 493 g/mol. The van der Waals surface area contributed by atoms with Crippen molar-refractivity contribution in [1.82, 2.24) is 4.90 Å².